The zero-order valence-corrected chi connectivity index (χ0v) is 9.26. The fourth-order valence-corrected chi connectivity index (χ4v) is 2.25. The molecule has 0 saturated carbocycles. The van der Waals surface area contributed by atoms with E-state index in [0.29, 0.717) is 5.69 Å². The molecule has 17 heavy (non-hydrogen) atoms. The minimum Gasteiger partial charge on any atom is -0.397 e. The van der Waals surface area contributed by atoms with Gasteiger partial charge in [0.25, 0.3) is 0 Å². The van der Waals surface area contributed by atoms with Crippen molar-refractivity contribution in [3.05, 3.63) is 48.2 Å². The maximum atomic E-state index is 12.0. The average molecular weight is 227 g/mol. The van der Waals surface area contributed by atoms with Crippen molar-refractivity contribution in [3.63, 3.8) is 0 Å². The summed E-state index contributed by atoms with van der Waals surface area (Å²) in [5, 5.41) is 2.94. The van der Waals surface area contributed by atoms with Crippen molar-refractivity contribution in [2.24, 2.45) is 0 Å². The summed E-state index contributed by atoms with van der Waals surface area (Å²) in [6.45, 7) is 0. The molecule has 86 valence electrons. The Morgan fingerprint density at radius 3 is 3.00 bits per heavy atom. The number of amides is 2. The molecule has 4 heteroatoms. The van der Waals surface area contributed by atoms with Crippen molar-refractivity contribution in [1.29, 1.82) is 0 Å². The molecule has 0 bridgehead atoms. The number of nitrogens with one attached hydrogen (secondary N) is 1. The molecule has 2 aliphatic rings. The number of nitrogens with two attached hydrogens (primary N) is 1. The number of benzene rings is 1. The molecule has 1 saturated heterocycles. The molecule has 1 heterocycles. The molecule has 2 amide bonds. The number of hydrogen-bond acceptors (Lipinski definition) is 2. The molecule has 3 N–H and O–H groups in total. The van der Waals surface area contributed by atoms with Crippen LogP contribution >= 0.6 is 0 Å². The lowest BCUT2D eigenvalue weighted by atomic mass is 10.1. The Hall–Kier alpha value is -2.23. The summed E-state index contributed by atoms with van der Waals surface area (Å²) in [6.07, 6.45) is 6.81. The van der Waals surface area contributed by atoms with Crippen molar-refractivity contribution < 1.29 is 4.79 Å². The van der Waals surface area contributed by atoms with Gasteiger partial charge in [0, 0.05) is 0 Å². The van der Waals surface area contributed by atoms with E-state index in [-0.39, 0.29) is 12.1 Å². The molecular formula is C13H13N3O. The van der Waals surface area contributed by atoms with Gasteiger partial charge in [-0.1, -0.05) is 24.3 Å². The van der Waals surface area contributed by atoms with Crippen LogP contribution in [0.5, 0.6) is 0 Å². The second-order valence-electron chi connectivity index (χ2n) is 4.15. The molecule has 1 aromatic rings. The fraction of sp³-hybridized carbons (Fsp3) is 0.154. The van der Waals surface area contributed by atoms with Crippen molar-refractivity contribution in [2.45, 2.75) is 12.5 Å². The van der Waals surface area contributed by atoms with Crippen molar-refractivity contribution in [1.82, 2.24) is 5.32 Å². The van der Waals surface area contributed by atoms with Crippen molar-refractivity contribution >= 4 is 17.4 Å². The van der Waals surface area contributed by atoms with Gasteiger partial charge in [0.05, 0.1) is 23.1 Å². The lowest BCUT2D eigenvalue weighted by Gasteiger charge is -2.20. The number of carbonyl (C=O) groups is 1. The molecule has 1 atom stereocenters. The van der Waals surface area contributed by atoms with E-state index in [2.05, 4.69) is 5.32 Å². The van der Waals surface area contributed by atoms with Crippen LogP contribution in [0.1, 0.15) is 6.42 Å². The third-order valence-corrected chi connectivity index (χ3v) is 3.07. The van der Waals surface area contributed by atoms with Crippen LogP contribution in [0, 0.1) is 0 Å². The van der Waals surface area contributed by atoms with Crippen LogP contribution in [0.15, 0.2) is 48.2 Å². The Bertz CT molecular complexity index is 533. The minimum atomic E-state index is -0.108. The third-order valence-electron chi connectivity index (χ3n) is 3.07. The van der Waals surface area contributed by atoms with E-state index in [0.717, 1.165) is 17.8 Å². The van der Waals surface area contributed by atoms with Gasteiger partial charge in [0.15, 0.2) is 0 Å². The molecule has 0 spiro atoms. The zero-order chi connectivity index (χ0) is 11.8. The van der Waals surface area contributed by atoms with Crippen LogP contribution in [0.4, 0.5) is 16.2 Å². The third kappa shape index (κ3) is 1.49. The largest absolute Gasteiger partial charge is 0.397 e. The first-order chi connectivity index (χ1) is 8.27. The number of nitrogens with zero attached hydrogens (tertiary/aromatic N) is 1. The van der Waals surface area contributed by atoms with Crippen LogP contribution in [0.3, 0.4) is 0 Å². The van der Waals surface area contributed by atoms with Gasteiger partial charge in [-0.15, -0.1) is 0 Å². The number of hydrogen-bond donors (Lipinski definition) is 2. The van der Waals surface area contributed by atoms with E-state index < -0.39 is 0 Å². The van der Waals surface area contributed by atoms with Gasteiger partial charge in [-0.25, -0.2) is 4.79 Å². The van der Waals surface area contributed by atoms with Gasteiger partial charge >= 0.3 is 6.03 Å². The Labute approximate surface area is 99.4 Å². The summed E-state index contributed by atoms with van der Waals surface area (Å²) in [4.78, 5) is 13.6. The highest BCUT2D eigenvalue weighted by Crippen LogP contribution is 2.32. The normalized spacial score (nSPS) is 22.1. The fourth-order valence-electron chi connectivity index (χ4n) is 2.25. The predicted molar refractivity (Wildman–Crippen MR) is 67.5 cm³/mol. The number of nitrogen functional groups attached to an aromatic ring is 1. The molecule has 3 rings (SSSR count). The lowest BCUT2D eigenvalue weighted by Crippen LogP contribution is -2.28. The summed E-state index contributed by atoms with van der Waals surface area (Å²) in [6, 6.07) is 7.37. The van der Waals surface area contributed by atoms with Gasteiger partial charge in [-0.2, -0.15) is 0 Å². The Morgan fingerprint density at radius 1 is 1.35 bits per heavy atom. The number of fused-ring (bicyclic) bond motifs is 1. The van der Waals surface area contributed by atoms with E-state index >= 15 is 0 Å². The molecule has 1 aliphatic carbocycles. The molecule has 1 fully saturated rings. The van der Waals surface area contributed by atoms with Crippen molar-refractivity contribution in [2.75, 3.05) is 10.6 Å². The lowest BCUT2D eigenvalue weighted by molar-refractivity contribution is 0.251. The van der Waals surface area contributed by atoms with E-state index in [1.807, 2.05) is 36.4 Å². The number of carbonyl (C=O) groups excluding carboxylic acids is 1. The van der Waals surface area contributed by atoms with Crippen LogP contribution in [-0.4, -0.2) is 12.1 Å². The Balaban J connectivity index is 2.08. The molecule has 0 aromatic heterocycles. The molecule has 1 unspecified atom stereocenters. The number of anilines is 2. The van der Waals surface area contributed by atoms with Crippen LogP contribution in [-0.2, 0) is 0 Å². The first-order valence-electron chi connectivity index (χ1n) is 5.59. The molecule has 1 aliphatic heterocycles. The van der Waals surface area contributed by atoms with E-state index in [1.54, 1.807) is 11.0 Å². The van der Waals surface area contributed by atoms with Crippen LogP contribution in [0.25, 0.3) is 0 Å². The number of rotatable bonds is 1. The second kappa shape index (κ2) is 3.66. The van der Waals surface area contributed by atoms with Gasteiger partial charge < -0.3 is 11.1 Å². The summed E-state index contributed by atoms with van der Waals surface area (Å²) in [7, 11) is 0. The molecule has 4 nitrogen and oxygen atoms in total. The van der Waals surface area contributed by atoms with E-state index in [1.165, 1.54) is 0 Å². The van der Waals surface area contributed by atoms with Gasteiger partial charge in [-0.3, -0.25) is 4.90 Å². The highest BCUT2D eigenvalue weighted by atomic mass is 16.2. The molecule has 1 aromatic carbocycles. The van der Waals surface area contributed by atoms with Crippen LogP contribution < -0.4 is 16.0 Å². The van der Waals surface area contributed by atoms with E-state index in [9.17, 15) is 4.79 Å². The number of urea groups is 1. The Kier molecular flexibility index (Phi) is 2.14. The van der Waals surface area contributed by atoms with Gasteiger partial charge in [-0.05, 0) is 24.6 Å². The quantitative estimate of drug-likeness (QED) is 0.721. The van der Waals surface area contributed by atoms with E-state index in [4.69, 9.17) is 5.73 Å². The first kappa shape index (κ1) is 9.96. The number of para-hydroxylation sites is 2. The predicted octanol–water partition coefficient (Wildman–Crippen LogP) is 2.01. The zero-order valence-electron chi connectivity index (χ0n) is 9.26. The summed E-state index contributed by atoms with van der Waals surface area (Å²) >= 11 is 0. The standard InChI is InChI=1S/C13H13N3O/c14-9-5-1-3-7-11(9)16-12-8-4-2-6-10(12)15-13(16)17/h1-5,7-8,10H,6,14H2,(H,15,17). The monoisotopic (exact) mass is 227 g/mol. The summed E-state index contributed by atoms with van der Waals surface area (Å²) < 4.78 is 0. The summed E-state index contributed by atoms with van der Waals surface area (Å²) in [5.41, 5.74) is 8.24. The van der Waals surface area contributed by atoms with Crippen molar-refractivity contribution in [3.8, 4) is 0 Å². The highest BCUT2D eigenvalue weighted by Gasteiger charge is 2.35. The maximum absolute atomic E-state index is 12.0. The number of allylic oxidation sites excluding steroid dienone is 2. The molecule has 0 radical (unpaired) electrons. The smallest absolute Gasteiger partial charge is 0.326 e. The van der Waals surface area contributed by atoms with Crippen LogP contribution in [0.2, 0.25) is 0 Å². The maximum Gasteiger partial charge on any atom is 0.326 e. The highest BCUT2D eigenvalue weighted by molar-refractivity contribution is 6.01. The average Bonchev–Trinajstić information content (AvgIpc) is 2.66. The topological polar surface area (TPSA) is 58.4 Å². The first-order valence-corrected chi connectivity index (χ1v) is 5.59. The SMILES string of the molecule is Nc1ccccc1N1C(=O)NC2CC=CC=C21. The van der Waals surface area contributed by atoms with Gasteiger partial charge in [0.1, 0.15) is 0 Å². The second-order valence-corrected chi connectivity index (χ2v) is 4.15. The summed E-state index contributed by atoms with van der Waals surface area (Å²) in [5.74, 6) is 0. The molecular weight excluding hydrogens is 214 g/mol. The van der Waals surface area contributed by atoms with Gasteiger partial charge in [0.2, 0.25) is 0 Å². The Morgan fingerprint density at radius 2 is 2.18 bits per heavy atom. The minimum absolute atomic E-state index is 0.0760.